The molecule has 0 saturated heterocycles. The first-order valence-corrected chi connectivity index (χ1v) is 5.81. The zero-order valence-corrected chi connectivity index (χ0v) is 10.3. The molecule has 0 aliphatic rings. The number of benzene rings is 1. The van der Waals surface area contributed by atoms with Crippen LogP contribution in [0.15, 0.2) is 48.7 Å². The van der Waals surface area contributed by atoms with E-state index in [1.54, 1.807) is 18.3 Å². The van der Waals surface area contributed by atoms with Gasteiger partial charge in [0.15, 0.2) is 0 Å². The Morgan fingerprint density at radius 1 is 1.11 bits per heavy atom. The Kier molecular flexibility index (Phi) is 3.74. The van der Waals surface area contributed by atoms with Crippen molar-refractivity contribution in [3.8, 4) is 0 Å². The van der Waals surface area contributed by atoms with Crippen molar-refractivity contribution >= 4 is 5.69 Å². The summed E-state index contributed by atoms with van der Waals surface area (Å²) in [6, 6.07) is 10.4. The van der Waals surface area contributed by atoms with Gasteiger partial charge in [-0.05, 0) is 37.3 Å². The lowest BCUT2D eigenvalue weighted by molar-refractivity contribution is -0.137. The van der Waals surface area contributed by atoms with E-state index in [2.05, 4.69) is 10.3 Å². The third kappa shape index (κ3) is 3.47. The van der Waals surface area contributed by atoms with Gasteiger partial charge in [-0.15, -0.1) is 0 Å². The van der Waals surface area contributed by atoms with Crippen molar-refractivity contribution < 1.29 is 13.2 Å². The summed E-state index contributed by atoms with van der Waals surface area (Å²) in [4.78, 5) is 4.16. The van der Waals surface area contributed by atoms with Crippen LogP contribution < -0.4 is 5.32 Å². The van der Waals surface area contributed by atoms with Crippen molar-refractivity contribution in [3.05, 3.63) is 59.9 Å². The second kappa shape index (κ2) is 5.30. The number of nitrogens with one attached hydrogen (secondary N) is 1. The maximum absolute atomic E-state index is 12.6. The fourth-order valence-electron chi connectivity index (χ4n) is 1.74. The third-order valence-corrected chi connectivity index (χ3v) is 2.70. The molecule has 19 heavy (non-hydrogen) atoms. The first kappa shape index (κ1) is 13.4. The molecule has 2 rings (SSSR count). The van der Waals surface area contributed by atoms with Crippen LogP contribution in [0.2, 0.25) is 0 Å². The number of pyridine rings is 1. The van der Waals surface area contributed by atoms with Gasteiger partial charge in [-0.2, -0.15) is 13.2 Å². The van der Waals surface area contributed by atoms with Crippen LogP contribution in [0, 0.1) is 0 Å². The molecule has 1 aromatic carbocycles. The Morgan fingerprint density at radius 3 is 2.53 bits per heavy atom. The maximum atomic E-state index is 12.6. The highest BCUT2D eigenvalue weighted by molar-refractivity contribution is 5.47. The molecule has 0 amide bonds. The standard InChI is InChI=1S/C14H13F3N2/c1-10(13-7-2-3-8-18-13)19-12-6-4-5-11(9-12)14(15,16)17/h2-10,19H,1H3. The van der Waals surface area contributed by atoms with E-state index < -0.39 is 11.7 Å². The largest absolute Gasteiger partial charge is 0.416 e. The lowest BCUT2D eigenvalue weighted by atomic mass is 10.1. The molecule has 0 saturated carbocycles. The SMILES string of the molecule is CC(Nc1cccc(C(F)(F)F)c1)c1ccccn1. The molecule has 1 heterocycles. The van der Waals surface area contributed by atoms with E-state index in [1.807, 2.05) is 19.1 Å². The number of nitrogens with zero attached hydrogens (tertiary/aromatic N) is 1. The highest BCUT2D eigenvalue weighted by atomic mass is 19.4. The summed E-state index contributed by atoms with van der Waals surface area (Å²) in [5.41, 5.74) is 0.540. The molecule has 0 aliphatic heterocycles. The van der Waals surface area contributed by atoms with Crippen molar-refractivity contribution in [1.82, 2.24) is 4.98 Å². The second-order valence-electron chi connectivity index (χ2n) is 4.20. The van der Waals surface area contributed by atoms with Gasteiger partial charge in [0.1, 0.15) is 0 Å². The minimum absolute atomic E-state index is 0.162. The maximum Gasteiger partial charge on any atom is 0.416 e. The van der Waals surface area contributed by atoms with E-state index in [4.69, 9.17) is 0 Å². The van der Waals surface area contributed by atoms with Crippen LogP contribution in [-0.2, 0) is 6.18 Å². The predicted octanol–water partition coefficient (Wildman–Crippen LogP) is 4.27. The van der Waals surface area contributed by atoms with Crippen LogP contribution in [0.3, 0.4) is 0 Å². The minimum atomic E-state index is -4.33. The Balaban J connectivity index is 2.16. The first-order valence-electron chi connectivity index (χ1n) is 5.81. The molecule has 100 valence electrons. The lowest BCUT2D eigenvalue weighted by Crippen LogP contribution is -2.10. The summed E-state index contributed by atoms with van der Waals surface area (Å²) >= 11 is 0. The first-order chi connectivity index (χ1) is 8.97. The molecule has 0 bridgehead atoms. The Bertz CT molecular complexity index is 538. The van der Waals surface area contributed by atoms with Crippen LogP contribution in [0.1, 0.15) is 24.2 Å². The highest BCUT2D eigenvalue weighted by Crippen LogP contribution is 2.31. The Hall–Kier alpha value is -2.04. The monoisotopic (exact) mass is 266 g/mol. The summed E-state index contributed by atoms with van der Waals surface area (Å²) in [6.07, 6.45) is -2.68. The average molecular weight is 266 g/mol. The fraction of sp³-hybridized carbons (Fsp3) is 0.214. The summed E-state index contributed by atoms with van der Waals surface area (Å²) < 4.78 is 37.8. The smallest absolute Gasteiger partial charge is 0.377 e. The molecule has 2 aromatic rings. The van der Waals surface area contributed by atoms with Gasteiger partial charge in [0, 0.05) is 11.9 Å². The number of halogens is 3. The van der Waals surface area contributed by atoms with Gasteiger partial charge in [-0.3, -0.25) is 4.98 Å². The molecule has 1 unspecified atom stereocenters. The molecule has 2 nitrogen and oxygen atoms in total. The Labute approximate surface area is 109 Å². The topological polar surface area (TPSA) is 24.9 Å². The van der Waals surface area contributed by atoms with E-state index in [0.29, 0.717) is 5.69 Å². The normalized spacial score (nSPS) is 13.1. The van der Waals surface area contributed by atoms with Crippen molar-refractivity contribution in [3.63, 3.8) is 0 Å². The molecule has 5 heteroatoms. The zero-order chi connectivity index (χ0) is 13.9. The van der Waals surface area contributed by atoms with E-state index in [9.17, 15) is 13.2 Å². The van der Waals surface area contributed by atoms with Crippen LogP contribution in [0.4, 0.5) is 18.9 Å². The predicted molar refractivity (Wildman–Crippen MR) is 67.7 cm³/mol. The number of alkyl halides is 3. The fourth-order valence-corrected chi connectivity index (χ4v) is 1.74. The molecule has 1 atom stereocenters. The van der Waals surface area contributed by atoms with Crippen LogP contribution >= 0.6 is 0 Å². The minimum Gasteiger partial charge on any atom is -0.377 e. The van der Waals surface area contributed by atoms with Crippen LogP contribution in [0.25, 0.3) is 0 Å². The third-order valence-electron chi connectivity index (χ3n) is 2.70. The van der Waals surface area contributed by atoms with Crippen molar-refractivity contribution in [2.24, 2.45) is 0 Å². The molecule has 0 fully saturated rings. The quantitative estimate of drug-likeness (QED) is 0.897. The summed E-state index contributed by atoms with van der Waals surface area (Å²) in [7, 11) is 0. The van der Waals surface area contributed by atoms with Crippen molar-refractivity contribution in [1.29, 1.82) is 0 Å². The molecular weight excluding hydrogens is 253 g/mol. The summed E-state index contributed by atoms with van der Waals surface area (Å²) in [5, 5.41) is 3.01. The van der Waals surface area contributed by atoms with E-state index in [0.717, 1.165) is 17.8 Å². The molecule has 0 aliphatic carbocycles. The van der Waals surface area contributed by atoms with Gasteiger partial charge in [0.25, 0.3) is 0 Å². The van der Waals surface area contributed by atoms with Crippen LogP contribution in [0.5, 0.6) is 0 Å². The number of aromatic nitrogens is 1. The summed E-state index contributed by atoms with van der Waals surface area (Å²) in [6.45, 7) is 1.85. The van der Waals surface area contributed by atoms with Crippen molar-refractivity contribution in [2.45, 2.75) is 19.1 Å². The average Bonchev–Trinajstić information content (AvgIpc) is 2.39. The number of rotatable bonds is 3. The second-order valence-corrected chi connectivity index (χ2v) is 4.20. The van der Waals surface area contributed by atoms with Gasteiger partial charge >= 0.3 is 6.18 Å². The lowest BCUT2D eigenvalue weighted by Gasteiger charge is -2.16. The van der Waals surface area contributed by atoms with Crippen LogP contribution in [-0.4, -0.2) is 4.98 Å². The molecular formula is C14H13F3N2. The van der Waals surface area contributed by atoms with Gasteiger partial charge < -0.3 is 5.32 Å². The number of hydrogen-bond donors (Lipinski definition) is 1. The van der Waals surface area contributed by atoms with Gasteiger partial charge in [-0.25, -0.2) is 0 Å². The van der Waals surface area contributed by atoms with E-state index in [1.165, 1.54) is 6.07 Å². The Morgan fingerprint density at radius 2 is 1.89 bits per heavy atom. The number of anilines is 1. The summed E-state index contributed by atoms with van der Waals surface area (Å²) in [5.74, 6) is 0. The molecule has 1 N–H and O–H groups in total. The number of hydrogen-bond acceptors (Lipinski definition) is 2. The van der Waals surface area contributed by atoms with Gasteiger partial charge in [0.2, 0.25) is 0 Å². The molecule has 0 spiro atoms. The zero-order valence-electron chi connectivity index (χ0n) is 10.3. The van der Waals surface area contributed by atoms with E-state index in [-0.39, 0.29) is 6.04 Å². The highest BCUT2D eigenvalue weighted by Gasteiger charge is 2.30. The van der Waals surface area contributed by atoms with Crippen molar-refractivity contribution in [2.75, 3.05) is 5.32 Å². The molecule has 0 radical (unpaired) electrons. The molecule has 1 aromatic heterocycles. The van der Waals surface area contributed by atoms with E-state index >= 15 is 0 Å². The van der Waals surface area contributed by atoms with Gasteiger partial charge in [-0.1, -0.05) is 12.1 Å². The van der Waals surface area contributed by atoms with Gasteiger partial charge in [0.05, 0.1) is 17.3 Å².